The van der Waals surface area contributed by atoms with Crippen molar-refractivity contribution in [3.63, 3.8) is 0 Å². The minimum absolute atomic E-state index is 0.307. The summed E-state index contributed by atoms with van der Waals surface area (Å²) in [5, 5.41) is 2.51. The van der Waals surface area contributed by atoms with Crippen LogP contribution in [0.5, 0.6) is 0 Å². The van der Waals surface area contributed by atoms with Crippen LogP contribution in [0.1, 0.15) is 16.8 Å². The van der Waals surface area contributed by atoms with Crippen LogP contribution >= 0.6 is 0 Å². The van der Waals surface area contributed by atoms with Gasteiger partial charge >= 0.3 is 0 Å². The zero-order valence-electron chi connectivity index (χ0n) is 8.72. The van der Waals surface area contributed by atoms with Crippen LogP contribution in [0.4, 0.5) is 0 Å². The van der Waals surface area contributed by atoms with Crippen LogP contribution in [0.25, 0.3) is 0 Å². The predicted molar refractivity (Wildman–Crippen MR) is 59.5 cm³/mol. The lowest BCUT2D eigenvalue weighted by atomic mass is 10.1. The number of nitrogens with zero attached hydrogens (tertiary/aromatic N) is 1. The topological polar surface area (TPSA) is 85.1 Å². The van der Waals surface area contributed by atoms with Crippen molar-refractivity contribution in [3.8, 4) is 0 Å². The van der Waals surface area contributed by atoms with Crippen molar-refractivity contribution in [3.05, 3.63) is 42.7 Å². The number of nitrogens with one attached hydrogen (secondary N) is 1. The van der Waals surface area contributed by atoms with Gasteiger partial charge in [-0.2, -0.15) is 0 Å². The number of amides is 2. The molecule has 0 fully saturated rings. The fraction of sp³-hybridized carbons (Fsp3) is 0.182. The summed E-state index contributed by atoms with van der Waals surface area (Å²) in [7, 11) is 0. The molecule has 0 aliphatic rings. The molecule has 0 aliphatic carbocycles. The minimum atomic E-state index is -0.731. The number of carbonyl (C=O) groups is 2. The number of primary amides is 1. The molecule has 0 spiro atoms. The van der Waals surface area contributed by atoms with Gasteiger partial charge in [-0.05, 0) is 18.6 Å². The maximum absolute atomic E-state index is 11.6. The first-order valence-corrected chi connectivity index (χ1v) is 4.76. The van der Waals surface area contributed by atoms with Crippen molar-refractivity contribution in [2.24, 2.45) is 5.73 Å². The highest BCUT2D eigenvalue weighted by Gasteiger charge is 2.17. The van der Waals surface area contributed by atoms with Crippen molar-refractivity contribution >= 4 is 11.8 Å². The third-order valence-electron chi connectivity index (χ3n) is 1.97. The molecule has 0 bridgehead atoms. The van der Waals surface area contributed by atoms with Gasteiger partial charge in [-0.1, -0.05) is 6.08 Å². The SMILES string of the molecule is C=CC[C@H](NC(=O)c1cccnc1)C(N)=O. The molecule has 0 saturated heterocycles. The van der Waals surface area contributed by atoms with E-state index in [0.29, 0.717) is 12.0 Å². The smallest absolute Gasteiger partial charge is 0.253 e. The number of pyridine rings is 1. The van der Waals surface area contributed by atoms with Crippen LogP contribution in [-0.2, 0) is 4.79 Å². The molecular formula is C11H13N3O2. The summed E-state index contributed by atoms with van der Waals surface area (Å²) >= 11 is 0. The summed E-state index contributed by atoms with van der Waals surface area (Å²) < 4.78 is 0. The Hall–Kier alpha value is -2.17. The molecule has 1 rings (SSSR count). The first-order valence-electron chi connectivity index (χ1n) is 4.76. The van der Waals surface area contributed by atoms with Gasteiger partial charge in [0.1, 0.15) is 6.04 Å². The molecule has 5 nitrogen and oxygen atoms in total. The second-order valence-electron chi connectivity index (χ2n) is 3.19. The number of nitrogens with two attached hydrogens (primary N) is 1. The van der Waals surface area contributed by atoms with E-state index in [1.54, 1.807) is 18.3 Å². The molecule has 16 heavy (non-hydrogen) atoms. The quantitative estimate of drug-likeness (QED) is 0.696. The molecule has 0 radical (unpaired) electrons. The van der Waals surface area contributed by atoms with Crippen molar-refractivity contribution in [2.75, 3.05) is 0 Å². The Kier molecular flexibility index (Phi) is 4.20. The number of aromatic nitrogens is 1. The molecule has 0 saturated carbocycles. The van der Waals surface area contributed by atoms with Crippen LogP contribution < -0.4 is 11.1 Å². The minimum Gasteiger partial charge on any atom is -0.368 e. The van der Waals surface area contributed by atoms with Crippen molar-refractivity contribution in [1.29, 1.82) is 0 Å². The Morgan fingerprint density at radius 3 is 2.88 bits per heavy atom. The zero-order chi connectivity index (χ0) is 12.0. The third kappa shape index (κ3) is 3.20. The average Bonchev–Trinajstić information content (AvgIpc) is 2.29. The van der Waals surface area contributed by atoms with Gasteiger partial charge in [0.25, 0.3) is 5.91 Å². The van der Waals surface area contributed by atoms with Crippen molar-refractivity contribution < 1.29 is 9.59 Å². The van der Waals surface area contributed by atoms with Crippen molar-refractivity contribution in [2.45, 2.75) is 12.5 Å². The van der Waals surface area contributed by atoms with Gasteiger partial charge in [-0.15, -0.1) is 6.58 Å². The van der Waals surface area contributed by atoms with Crippen LogP contribution in [0.2, 0.25) is 0 Å². The van der Waals surface area contributed by atoms with E-state index in [-0.39, 0.29) is 5.91 Å². The second kappa shape index (κ2) is 5.65. The molecule has 0 unspecified atom stereocenters. The van der Waals surface area contributed by atoms with Gasteiger partial charge in [0.2, 0.25) is 5.91 Å². The fourth-order valence-corrected chi connectivity index (χ4v) is 1.15. The lowest BCUT2D eigenvalue weighted by Gasteiger charge is -2.13. The Labute approximate surface area is 93.4 Å². The molecular weight excluding hydrogens is 206 g/mol. The van der Waals surface area contributed by atoms with E-state index in [1.807, 2.05) is 0 Å². The number of rotatable bonds is 5. The monoisotopic (exact) mass is 219 g/mol. The highest BCUT2D eigenvalue weighted by Crippen LogP contribution is 1.98. The normalized spacial score (nSPS) is 11.5. The largest absolute Gasteiger partial charge is 0.368 e. The molecule has 2 amide bonds. The standard InChI is InChI=1S/C11H13N3O2/c1-2-4-9(10(12)15)14-11(16)8-5-3-6-13-7-8/h2-3,5-7,9H,1,4H2,(H2,12,15)(H,14,16)/t9-/m0/s1. The first kappa shape index (κ1) is 11.9. The van der Waals surface area contributed by atoms with E-state index in [9.17, 15) is 9.59 Å². The fourth-order valence-electron chi connectivity index (χ4n) is 1.15. The molecule has 1 aromatic rings. The number of hydrogen-bond donors (Lipinski definition) is 2. The summed E-state index contributed by atoms with van der Waals surface area (Å²) in [4.78, 5) is 26.4. The molecule has 1 heterocycles. The highest BCUT2D eigenvalue weighted by molar-refractivity contribution is 5.97. The van der Waals surface area contributed by atoms with Gasteiger partial charge in [-0.25, -0.2) is 0 Å². The summed E-state index contributed by atoms with van der Waals surface area (Å²) in [6, 6.07) is 2.51. The zero-order valence-corrected chi connectivity index (χ0v) is 8.72. The molecule has 1 atom stereocenters. The molecule has 0 aliphatic heterocycles. The van der Waals surface area contributed by atoms with Crippen LogP contribution in [0, 0.1) is 0 Å². The first-order chi connectivity index (χ1) is 7.65. The van der Waals surface area contributed by atoms with Gasteiger partial charge < -0.3 is 11.1 Å². The maximum atomic E-state index is 11.6. The lowest BCUT2D eigenvalue weighted by molar-refractivity contribution is -0.119. The van der Waals surface area contributed by atoms with Crippen LogP contribution in [0.3, 0.4) is 0 Å². The Morgan fingerprint density at radius 1 is 1.62 bits per heavy atom. The molecule has 3 N–H and O–H groups in total. The van der Waals surface area contributed by atoms with Crippen LogP contribution in [0.15, 0.2) is 37.2 Å². The highest BCUT2D eigenvalue weighted by atomic mass is 16.2. The summed E-state index contributed by atoms with van der Waals surface area (Å²) in [5.74, 6) is -0.962. The van der Waals surface area contributed by atoms with Gasteiger partial charge in [-0.3, -0.25) is 14.6 Å². The van der Waals surface area contributed by atoms with E-state index in [1.165, 1.54) is 12.3 Å². The van der Waals surface area contributed by atoms with Gasteiger partial charge in [0.15, 0.2) is 0 Å². The van der Waals surface area contributed by atoms with Gasteiger partial charge in [0.05, 0.1) is 5.56 Å². The van der Waals surface area contributed by atoms with E-state index in [0.717, 1.165) is 0 Å². The number of carbonyl (C=O) groups excluding carboxylic acids is 2. The lowest BCUT2D eigenvalue weighted by Crippen LogP contribution is -2.44. The molecule has 5 heteroatoms. The molecule has 1 aromatic heterocycles. The Morgan fingerprint density at radius 2 is 2.38 bits per heavy atom. The molecule has 84 valence electrons. The van der Waals surface area contributed by atoms with Crippen LogP contribution in [-0.4, -0.2) is 22.8 Å². The second-order valence-corrected chi connectivity index (χ2v) is 3.19. The average molecular weight is 219 g/mol. The van der Waals surface area contributed by atoms with E-state index in [4.69, 9.17) is 5.73 Å². The summed E-state index contributed by atoms with van der Waals surface area (Å²) in [5.41, 5.74) is 5.52. The third-order valence-corrected chi connectivity index (χ3v) is 1.97. The summed E-state index contributed by atoms with van der Waals surface area (Å²) in [6.07, 6.45) is 4.81. The summed E-state index contributed by atoms with van der Waals surface area (Å²) in [6.45, 7) is 3.49. The Bertz CT molecular complexity index is 389. The van der Waals surface area contributed by atoms with Gasteiger partial charge in [0, 0.05) is 12.4 Å². The van der Waals surface area contributed by atoms with E-state index >= 15 is 0 Å². The predicted octanol–water partition coefficient (Wildman–Crippen LogP) is 0.241. The van der Waals surface area contributed by atoms with Crippen molar-refractivity contribution in [1.82, 2.24) is 10.3 Å². The number of hydrogen-bond acceptors (Lipinski definition) is 3. The Balaban J connectivity index is 2.69. The van der Waals surface area contributed by atoms with E-state index in [2.05, 4.69) is 16.9 Å². The van der Waals surface area contributed by atoms with E-state index < -0.39 is 11.9 Å². The molecule has 0 aromatic carbocycles. The maximum Gasteiger partial charge on any atom is 0.253 e.